The summed E-state index contributed by atoms with van der Waals surface area (Å²) >= 11 is 1.91. The van der Waals surface area contributed by atoms with Crippen molar-refractivity contribution in [2.24, 2.45) is 0 Å². The quantitative estimate of drug-likeness (QED) is 0.730. The molecule has 1 atom stereocenters. The van der Waals surface area contributed by atoms with E-state index in [4.69, 9.17) is 0 Å². The van der Waals surface area contributed by atoms with Crippen LogP contribution in [0.2, 0.25) is 0 Å². The summed E-state index contributed by atoms with van der Waals surface area (Å²) < 4.78 is 0. The van der Waals surface area contributed by atoms with Crippen LogP contribution in [0, 0.1) is 13.8 Å². The Morgan fingerprint density at radius 2 is 1.76 bits per heavy atom. The lowest BCUT2D eigenvalue weighted by Gasteiger charge is -2.14. The lowest BCUT2D eigenvalue weighted by atomic mass is 10.1. The molecule has 2 rings (SSSR count). The minimum absolute atomic E-state index is 0.414. The van der Waals surface area contributed by atoms with Gasteiger partial charge in [-0.1, -0.05) is 48.4 Å². The Morgan fingerprint density at radius 3 is 2.43 bits per heavy atom. The van der Waals surface area contributed by atoms with Crippen molar-refractivity contribution < 1.29 is 0 Å². The molecule has 0 aliphatic carbocycles. The summed E-state index contributed by atoms with van der Waals surface area (Å²) in [5.41, 5.74) is 5.46. The van der Waals surface area contributed by atoms with E-state index in [0.29, 0.717) is 6.04 Å². The maximum absolute atomic E-state index is 3.47. The Kier molecular flexibility index (Phi) is 5.89. The number of nitrogens with one attached hydrogen (secondary N) is 1. The van der Waals surface area contributed by atoms with Crippen LogP contribution >= 0.6 is 11.8 Å². The highest BCUT2D eigenvalue weighted by Crippen LogP contribution is 2.26. The number of benzene rings is 2. The molecule has 0 bridgehead atoms. The molecule has 0 radical (unpaired) electrons. The number of hydrogen-bond acceptors (Lipinski definition) is 2. The summed E-state index contributed by atoms with van der Waals surface area (Å²) in [6, 6.07) is 16.1. The van der Waals surface area contributed by atoms with Gasteiger partial charge >= 0.3 is 0 Å². The predicted molar refractivity (Wildman–Crippen MR) is 94.0 cm³/mol. The van der Waals surface area contributed by atoms with E-state index in [-0.39, 0.29) is 0 Å². The van der Waals surface area contributed by atoms with Crippen LogP contribution < -0.4 is 5.32 Å². The molecule has 0 aliphatic rings. The second-order valence-electron chi connectivity index (χ2n) is 5.64. The fourth-order valence-corrected chi connectivity index (χ4v) is 3.51. The maximum Gasteiger partial charge on any atom is 0.0292 e. The number of thioether (sulfide) groups is 1. The summed E-state index contributed by atoms with van der Waals surface area (Å²) in [6.07, 6.45) is 0. The SMILES string of the molecule is CCNC(C)c1cccc(SCc2cc(C)cc(C)c2)c1. The first-order valence-corrected chi connectivity index (χ1v) is 8.60. The molecule has 0 aliphatic heterocycles. The maximum atomic E-state index is 3.47. The van der Waals surface area contributed by atoms with E-state index in [1.165, 1.54) is 27.1 Å². The zero-order valence-electron chi connectivity index (χ0n) is 13.4. The molecular formula is C19H25NS. The van der Waals surface area contributed by atoms with Crippen LogP contribution in [0.3, 0.4) is 0 Å². The van der Waals surface area contributed by atoms with Gasteiger partial charge in [0.25, 0.3) is 0 Å². The van der Waals surface area contributed by atoms with E-state index in [2.05, 4.69) is 75.5 Å². The van der Waals surface area contributed by atoms with Gasteiger partial charge in [-0.05, 0) is 50.6 Å². The second-order valence-corrected chi connectivity index (χ2v) is 6.69. The van der Waals surface area contributed by atoms with Gasteiger partial charge < -0.3 is 5.32 Å². The molecule has 0 fully saturated rings. The van der Waals surface area contributed by atoms with E-state index < -0.39 is 0 Å². The molecule has 21 heavy (non-hydrogen) atoms. The first kappa shape index (κ1) is 16.1. The van der Waals surface area contributed by atoms with Crippen molar-refractivity contribution in [2.45, 2.75) is 44.4 Å². The molecule has 0 heterocycles. The van der Waals surface area contributed by atoms with Crippen molar-refractivity contribution in [1.82, 2.24) is 5.32 Å². The van der Waals surface area contributed by atoms with Crippen LogP contribution in [0.5, 0.6) is 0 Å². The molecule has 2 heteroatoms. The van der Waals surface area contributed by atoms with Crippen molar-refractivity contribution in [3.63, 3.8) is 0 Å². The summed E-state index contributed by atoms with van der Waals surface area (Å²) in [4.78, 5) is 1.34. The third-order valence-electron chi connectivity index (χ3n) is 3.56. The Bertz CT molecular complexity index is 572. The summed E-state index contributed by atoms with van der Waals surface area (Å²) in [5, 5.41) is 3.47. The van der Waals surface area contributed by atoms with E-state index in [1.807, 2.05) is 11.8 Å². The topological polar surface area (TPSA) is 12.0 Å². The second kappa shape index (κ2) is 7.67. The summed E-state index contributed by atoms with van der Waals surface area (Å²) in [7, 11) is 0. The Hall–Kier alpha value is -1.25. The zero-order chi connectivity index (χ0) is 15.2. The zero-order valence-corrected chi connectivity index (χ0v) is 14.3. The highest BCUT2D eigenvalue weighted by Gasteiger charge is 2.05. The van der Waals surface area contributed by atoms with Crippen molar-refractivity contribution in [1.29, 1.82) is 0 Å². The molecule has 0 aromatic heterocycles. The molecular weight excluding hydrogens is 274 g/mol. The smallest absolute Gasteiger partial charge is 0.0292 e. The van der Waals surface area contributed by atoms with Crippen molar-refractivity contribution in [3.05, 3.63) is 64.7 Å². The fraction of sp³-hybridized carbons (Fsp3) is 0.368. The van der Waals surface area contributed by atoms with Gasteiger partial charge in [0.2, 0.25) is 0 Å². The van der Waals surface area contributed by atoms with Crippen molar-refractivity contribution in [2.75, 3.05) is 6.54 Å². The number of aryl methyl sites for hydroxylation is 2. The normalized spacial score (nSPS) is 12.4. The molecule has 1 nitrogen and oxygen atoms in total. The van der Waals surface area contributed by atoms with Gasteiger partial charge in [-0.2, -0.15) is 0 Å². The molecule has 0 amide bonds. The van der Waals surface area contributed by atoms with Gasteiger partial charge in [0, 0.05) is 16.7 Å². The van der Waals surface area contributed by atoms with Crippen LogP contribution in [0.1, 0.15) is 42.1 Å². The van der Waals surface area contributed by atoms with E-state index in [1.54, 1.807) is 0 Å². The first-order chi connectivity index (χ1) is 10.1. The third kappa shape index (κ3) is 4.90. The minimum Gasteiger partial charge on any atom is -0.310 e. The predicted octanol–water partition coefficient (Wildman–Crippen LogP) is 5.27. The Labute approximate surface area is 133 Å². The molecule has 1 unspecified atom stereocenters. The van der Waals surface area contributed by atoms with Crippen molar-refractivity contribution in [3.8, 4) is 0 Å². The third-order valence-corrected chi connectivity index (χ3v) is 4.62. The summed E-state index contributed by atoms with van der Waals surface area (Å²) in [6.45, 7) is 9.70. The highest BCUT2D eigenvalue weighted by molar-refractivity contribution is 7.98. The lowest BCUT2D eigenvalue weighted by Crippen LogP contribution is -2.17. The molecule has 1 N–H and O–H groups in total. The average Bonchev–Trinajstić information content (AvgIpc) is 2.45. The standard InChI is InChI=1S/C19H25NS/c1-5-20-16(4)18-7-6-8-19(12-18)21-13-17-10-14(2)9-15(3)11-17/h6-12,16,20H,5,13H2,1-4H3. The summed E-state index contributed by atoms with van der Waals surface area (Å²) in [5.74, 6) is 1.03. The van der Waals surface area contributed by atoms with E-state index >= 15 is 0 Å². The van der Waals surface area contributed by atoms with Crippen LogP contribution in [-0.2, 0) is 5.75 Å². The molecule has 0 saturated heterocycles. The van der Waals surface area contributed by atoms with Crippen molar-refractivity contribution >= 4 is 11.8 Å². The van der Waals surface area contributed by atoms with Crippen LogP contribution in [0.4, 0.5) is 0 Å². The molecule has 2 aromatic carbocycles. The molecule has 2 aromatic rings. The molecule has 0 saturated carbocycles. The minimum atomic E-state index is 0.414. The highest BCUT2D eigenvalue weighted by atomic mass is 32.2. The van der Waals surface area contributed by atoms with Crippen LogP contribution in [0.25, 0.3) is 0 Å². The average molecular weight is 299 g/mol. The van der Waals surface area contributed by atoms with Crippen LogP contribution in [-0.4, -0.2) is 6.54 Å². The molecule has 0 spiro atoms. The van der Waals surface area contributed by atoms with Gasteiger partial charge in [-0.25, -0.2) is 0 Å². The van der Waals surface area contributed by atoms with E-state index in [0.717, 1.165) is 12.3 Å². The van der Waals surface area contributed by atoms with Gasteiger partial charge in [-0.3, -0.25) is 0 Å². The Morgan fingerprint density at radius 1 is 1.05 bits per heavy atom. The van der Waals surface area contributed by atoms with Gasteiger partial charge in [0.05, 0.1) is 0 Å². The number of rotatable bonds is 6. The first-order valence-electron chi connectivity index (χ1n) is 7.62. The largest absolute Gasteiger partial charge is 0.310 e. The van der Waals surface area contributed by atoms with Gasteiger partial charge in [0.1, 0.15) is 0 Å². The fourth-order valence-electron chi connectivity index (χ4n) is 2.62. The van der Waals surface area contributed by atoms with Crippen LogP contribution in [0.15, 0.2) is 47.4 Å². The monoisotopic (exact) mass is 299 g/mol. The number of hydrogen-bond donors (Lipinski definition) is 1. The van der Waals surface area contributed by atoms with Gasteiger partial charge in [0.15, 0.2) is 0 Å². The van der Waals surface area contributed by atoms with Gasteiger partial charge in [-0.15, -0.1) is 11.8 Å². The molecule has 112 valence electrons. The Balaban J connectivity index is 2.04. The lowest BCUT2D eigenvalue weighted by molar-refractivity contribution is 0.597. The van der Waals surface area contributed by atoms with E-state index in [9.17, 15) is 0 Å².